The van der Waals surface area contributed by atoms with Crippen LogP contribution in [-0.4, -0.2) is 51.5 Å². The average molecular weight is 461 g/mol. The molecule has 0 N–H and O–H groups in total. The second kappa shape index (κ2) is 8.65. The van der Waals surface area contributed by atoms with Gasteiger partial charge in [0, 0.05) is 13.1 Å². The molecular formula is C24H21ClN6O2. The van der Waals surface area contributed by atoms with Crippen LogP contribution in [0.25, 0.3) is 0 Å². The zero-order valence-corrected chi connectivity index (χ0v) is 18.7. The van der Waals surface area contributed by atoms with E-state index >= 15 is 0 Å². The fourth-order valence-electron chi connectivity index (χ4n) is 4.36. The number of fused-ring (bicyclic) bond motifs is 3. The predicted molar refractivity (Wildman–Crippen MR) is 126 cm³/mol. The van der Waals surface area contributed by atoms with Gasteiger partial charge in [0.25, 0.3) is 5.91 Å². The number of hydrogen-bond donors (Lipinski definition) is 0. The van der Waals surface area contributed by atoms with Crippen LogP contribution in [0.3, 0.4) is 0 Å². The van der Waals surface area contributed by atoms with Gasteiger partial charge in [0.1, 0.15) is 0 Å². The van der Waals surface area contributed by atoms with E-state index in [1.54, 1.807) is 23.4 Å². The van der Waals surface area contributed by atoms with E-state index in [4.69, 9.17) is 16.6 Å². The molecule has 0 radical (unpaired) electrons. The Kier molecular flexibility index (Phi) is 5.54. The number of halogens is 1. The van der Waals surface area contributed by atoms with Crippen molar-refractivity contribution < 1.29 is 9.59 Å². The van der Waals surface area contributed by atoms with Gasteiger partial charge in [-0.3, -0.25) is 14.6 Å². The Balaban J connectivity index is 1.45. The van der Waals surface area contributed by atoms with Crippen LogP contribution in [0.2, 0.25) is 5.02 Å². The molecule has 0 unspecified atom stereocenters. The summed E-state index contributed by atoms with van der Waals surface area (Å²) in [6.07, 6.45) is 3.97. The van der Waals surface area contributed by atoms with Crippen LogP contribution in [-0.2, 0) is 17.8 Å². The zero-order valence-electron chi connectivity index (χ0n) is 18.0. The SMILES string of the molecule is CCN1C(=O)c2c(ncn2Cc2ccc(N=C=O)c(Cl)c2)N2C[C@@H](Cc3ccccc3)N=C12. The number of anilines is 1. The lowest BCUT2D eigenvalue weighted by atomic mass is 10.1. The summed E-state index contributed by atoms with van der Waals surface area (Å²) in [5.41, 5.74) is 2.97. The molecule has 5 rings (SSSR count). The van der Waals surface area contributed by atoms with Crippen molar-refractivity contribution in [3.05, 3.63) is 76.7 Å². The highest BCUT2D eigenvalue weighted by Gasteiger charge is 2.42. The van der Waals surface area contributed by atoms with Crippen molar-refractivity contribution in [1.82, 2.24) is 14.5 Å². The van der Waals surface area contributed by atoms with E-state index in [2.05, 4.69) is 22.1 Å². The third-order valence-corrected chi connectivity index (χ3v) is 6.16. The minimum atomic E-state index is -0.117. The normalized spacial score (nSPS) is 16.8. The van der Waals surface area contributed by atoms with Gasteiger partial charge in [0.05, 0.1) is 29.6 Å². The highest BCUT2D eigenvalue weighted by molar-refractivity contribution is 6.33. The van der Waals surface area contributed by atoms with Gasteiger partial charge in [0.2, 0.25) is 12.0 Å². The standard InChI is InChI=1S/C24H21ClN6O2/c1-2-30-23(33)21-22(31-13-18(28-24(30)31)10-16-6-4-3-5-7-16)26-14-29(21)12-17-8-9-20(27-15-32)19(25)11-17/h3-9,11,14,18H,2,10,12-13H2,1H3/t18-/m1/s1. The Morgan fingerprint density at radius 2 is 2.00 bits per heavy atom. The molecule has 0 aliphatic carbocycles. The number of carbonyl (C=O) groups is 1. The Bertz CT molecular complexity index is 1300. The molecule has 9 heteroatoms. The highest BCUT2D eigenvalue weighted by Crippen LogP contribution is 2.33. The third-order valence-electron chi connectivity index (χ3n) is 5.86. The minimum absolute atomic E-state index is 0.0464. The maximum atomic E-state index is 13.4. The summed E-state index contributed by atoms with van der Waals surface area (Å²) >= 11 is 6.22. The molecule has 166 valence electrons. The number of guanidine groups is 1. The van der Waals surface area contributed by atoms with Gasteiger partial charge >= 0.3 is 0 Å². The van der Waals surface area contributed by atoms with Crippen LogP contribution < -0.4 is 4.90 Å². The zero-order chi connectivity index (χ0) is 22.9. The van der Waals surface area contributed by atoms with E-state index in [-0.39, 0.29) is 11.9 Å². The van der Waals surface area contributed by atoms with Crippen LogP contribution in [0, 0.1) is 0 Å². The molecule has 2 aromatic carbocycles. The van der Waals surface area contributed by atoms with Gasteiger partial charge in [-0.1, -0.05) is 48.0 Å². The lowest BCUT2D eigenvalue weighted by Crippen LogP contribution is -2.50. The van der Waals surface area contributed by atoms with Gasteiger partial charge in [-0.05, 0) is 36.6 Å². The highest BCUT2D eigenvalue weighted by atomic mass is 35.5. The van der Waals surface area contributed by atoms with Crippen LogP contribution in [0.15, 0.2) is 64.8 Å². The van der Waals surface area contributed by atoms with Gasteiger partial charge in [-0.2, -0.15) is 4.99 Å². The molecule has 3 aromatic rings. The number of aromatic nitrogens is 2. The van der Waals surface area contributed by atoms with E-state index in [1.165, 1.54) is 11.6 Å². The number of aliphatic imine (C=N–C) groups is 2. The summed E-state index contributed by atoms with van der Waals surface area (Å²) in [4.78, 5) is 40.7. The second-order valence-corrected chi connectivity index (χ2v) is 8.37. The van der Waals surface area contributed by atoms with Crippen molar-refractivity contribution >= 4 is 41.1 Å². The van der Waals surface area contributed by atoms with Crippen molar-refractivity contribution in [1.29, 1.82) is 0 Å². The van der Waals surface area contributed by atoms with Crippen molar-refractivity contribution in [3.63, 3.8) is 0 Å². The average Bonchev–Trinajstić information content (AvgIpc) is 3.41. The number of amides is 1. The van der Waals surface area contributed by atoms with Crippen LogP contribution >= 0.6 is 11.6 Å². The lowest BCUT2D eigenvalue weighted by Gasteiger charge is -2.33. The smallest absolute Gasteiger partial charge is 0.281 e. The van der Waals surface area contributed by atoms with Gasteiger partial charge in [0.15, 0.2) is 11.5 Å². The van der Waals surface area contributed by atoms with E-state index in [0.29, 0.717) is 47.8 Å². The number of imidazole rings is 1. The number of isocyanates is 1. The van der Waals surface area contributed by atoms with Crippen molar-refractivity contribution in [3.8, 4) is 0 Å². The van der Waals surface area contributed by atoms with Crippen LogP contribution in [0.5, 0.6) is 0 Å². The Labute approximate surface area is 195 Å². The maximum absolute atomic E-state index is 13.4. The first kappa shape index (κ1) is 21.1. The van der Waals surface area contributed by atoms with Crippen LogP contribution in [0.4, 0.5) is 11.5 Å². The minimum Gasteiger partial charge on any atom is -0.320 e. The molecule has 1 atom stereocenters. The summed E-state index contributed by atoms with van der Waals surface area (Å²) in [7, 11) is 0. The summed E-state index contributed by atoms with van der Waals surface area (Å²) < 4.78 is 1.83. The molecule has 0 bridgehead atoms. The Hall–Kier alpha value is -3.74. The molecular weight excluding hydrogens is 440 g/mol. The largest absolute Gasteiger partial charge is 0.320 e. The topological polar surface area (TPSA) is 83.2 Å². The summed E-state index contributed by atoms with van der Waals surface area (Å²) in [5.74, 6) is 1.18. The molecule has 3 heterocycles. The molecule has 2 aliphatic heterocycles. The predicted octanol–water partition coefficient (Wildman–Crippen LogP) is 3.82. The van der Waals surface area contributed by atoms with E-state index < -0.39 is 0 Å². The number of carbonyl (C=O) groups excluding carboxylic acids is 2. The summed E-state index contributed by atoms with van der Waals surface area (Å²) in [6, 6.07) is 15.5. The second-order valence-electron chi connectivity index (χ2n) is 7.97. The number of hydrogen-bond acceptors (Lipinski definition) is 6. The molecule has 2 aliphatic rings. The first-order valence-corrected chi connectivity index (χ1v) is 11.1. The van der Waals surface area contributed by atoms with Gasteiger partial charge < -0.3 is 4.57 Å². The van der Waals surface area contributed by atoms with Gasteiger partial charge in [-0.25, -0.2) is 14.8 Å². The molecule has 8 nitrogen and oxygen atoms in total. The molecule has 1 amide bonds. The fourth-order valence-corrected chi connectivity index (χ4v) is 4.60. The summed E-state index contributed by atoms with van der Waals surface area (Å²) in [6.45, 7) is 3.54. The maximum Gasteiger partial charge on any atom is 0.281 e. The van der Waals surface area contributed by atoms with Gasteiger partial charge in [-0.15, -0.1) is 0 Å². The van der Waals surface area contributed by atoms with E-state index in [9.17, 15) is 9.59 Å². The Morgan fingerprint density at radius 1 is 1.18 bits per heavy atom. The van der Waals surface area contributed by atoms with E-state index in [0.717, 1.165) is 12.0 Å². The number of benzene rings is 2. The fraction of sp³-hybridized carbons (Fsp3) is 0.250. The van der Waals surface area contributed by atoms with Crippen LogP contribution in [0.1, 0.15) is 28.5 Å². The molecule has 0 fully saturated rings. The molecule has 1 aromatic heterocycles. The number of nitrogens with zero attached hydrogens (tertiary/aromatic N) is 6. The monoisotopic (exact) mass is 460 g/mol. The Morgan fingerprint density at radius 3 is 2.73 bits per heavy atom. The van der Waals surface area contributed by atoms with Crippen molar-refractivity contribution in [2.24, 2.45) is 9.98 Å². The molecule has 0 saturated carbocycles. The third kappa shape index (κ3) is 3.84. The summed E-state index contributed by atoms with van der Waals surface area (Å²) in [5, 5.41) is 0.351. The molecule has 0 saturated heterocycles. The first-order chi connectivity index (χ1) is 16.1. The molecule has 33 heavy (non-hydrogen) atoms. The quantitative estimate of drug-likeness (QED) is 0.413. The van der Waals surface area contributed by atoms with E-state index in [1.807, 2.05) is 40.7 Å². The first-order valence-electron chi connectivity index (χ1n) is 10.7. The lowest BCUT2D eigenvalue weighted by molar-refractivity contribution is 0.0836. The van der Waals surface area contributed by atoms with Crippen molar-refractivity contribution in [2.45, 2.75) is 25.9 Å². The molecule has 0 spiro atoms. The number of rotatable bonds is 6. The van der Waals surface area contributed by atoms with Crippen molar-refractivity contribution in [2.75, 3.05) is 18.0 Å².